The molecule has 27 heavy (non-hydrogen) atoms. The highest BCUT2D eigenvalue weighted by Crippen LogP contribution is 2.31. The van der Waals surface area contributed by atoms with Crippen LogP contribution in [-0.2, 0) is 17.8 Å². The van der Waals surface area contributed by atoms with E-state index in [4.69, 9.17) is 13.9 Å². The van der Waals surface area contributed by atoms with Crippen molar-refractivity contribution in [3.8, 4) is 5.75 Å². The van der Waals surface area contributed by atoms with E-state index in [9.17, 15) is 4.79 Å². The first kappa shape index (κ1) is 19.5. The fourth-order valence-electron chi connectivity index (χ4n) is 3.89. The van der Waals surface area contributed by atoms with Crippen LogP contribution in [-0.4, -0.2) is 12.6 Å². The third-order valence-electron chi connectivity index (χ3n) is 5.45. The summed E-state index contributed by atoms with van der Waals surface area (Å²) in [5.41, 5.74) is 1.36. The molecule has 3 rings (SSSR count). The molecule has 1 atom stereocenters. The maximum absolute atomic E-state index is 11.6. The van der Waals surface area contributed by atoms with Crippen LogP contribution < -0.4 is 4.74 Å². The number of hydrogen-bond acceptors (Lipinski definition) is 4. The first-order valence-electron chi connectivity index (χ1n) is 10.1. The lowest BCUT2D eigenvalue weighted by Crippen LogP contribution is -2.17. The molecule has 1 aliphatic rings. The first-order valence-corrected chi connectivity index (χ1v) is 10.1. The van der Waals surface area contributed by atoms with Crippen LogP contribution in [0.3, 0.4) is 0 Å². The van der Waals surface area contributed by atoms with Crippen LogP contribution in [0.15, 0.2) is 40.8 Å². The van der Waals surface area contributed by atoms with Gasteiger partial charge in [-0.1, -0.05) is 51.2 Å². The maximum atomic E-state index is 11.6. The molecule has 4 heteroatoms. The summed E-state index contributed by atoms with van der Waals surface area (Å²) in [5, 5.41) is 0. The summed E-state index contributed by atoms with van der Waals surface area (Å²) in [5.74, 6) is 2.79. The normalized spacial score (nSPS) is 16.1. The zero-order valence-corrected chi connectivity index (χ0v) is 16.4. The van der Waals surface area contributed by atoms with Crippen molar-refractivity contribution in [2.45, 2.75) is 59.0 Å². The van der Waals surface area contributed by atoms with Gasteiger partial charge in [0.25, 0.3) is 0 Å². The van der Waals surface area contributed by atoms with Gasteiger partial charge in [-0.25, -0.2) is 4.79 Å². The number of furan rings is 1. The molecule has 0 spiro atoms. The number of hydrogen-bond donors (Lipinski definition) is 0. The van der Waals surface area contributed by atoms with Gasteiger partial charge in [0.15, 0.2) is 0 Å². The minimum atomic E-state index is -0.444. The third kappa shape index (κ3) is 5.62. The van der Waals surface area contributed by atoms with Crippen LogP contribution in [0, 0.1) is 11.8 Å². The average molecular weight is 370 g/mol. The Labute approximate surface area is 161 Å². The predicted molar refractivity (Wildman–Crippen MR) is 105 cm³/mol. The van der Waals surface area contributed by atoms with Crippen molar-refractivity contribution in [2.75, 3.05) is 6.61 Å². The maximum Gasteiger partial charge on any atom is 0.374 e. The zero-order chi connectivity index (χ0) is 19.1. The highest BCUT2D eigenvalue weighted by atomic mass is 16.5. The lowest BCUT2D eigenvalue weighted by Gasteiger charge is -2.27. The van der Waals surface area contributed by atoms with Crippen molar-refractivity contribution in [3.63, 3.8) is 0 Å². The van der Waals surface area contributed by atoms with Gasteiger partial charge in [-0.05, 0) is 55.0 Å². The number of carbonyl (C=O) groups excluding carboxylic acids is 1. The molecule has 0 bridgehead atoms. The molecule has 146 valence electrons. The molecule has 0 aliphatic heterocycles. The summed E-state index contributed by atoms with van der Waals surface area (Å²) < 4.78 is 16.2. The summed E-state index contributed by atoms with van der Waals surface area (Å²) in [6, 6.07) is 11.7. The average Bonchev–Trinajstić information content (AvgIpc) is 3.17. The Balaban J connectivity index is 1.48. The molecule has 1 saturated carbocycles. The van der Waals surface area contributed by atoms with E-state index in [0.717, 1.165) is 24.0 Å². The van der Waals surface area contributed by atoms with Gasteiger partial charge in [0.05, 0.1) is 6.61 Å². The minimum Gasteiger partial charge on any atom is -0.486 e. The molecule has 1 heterocycles. The van der Waals surface area contributed by atoms with Gasteiger partial charge in [0.1, 0.15) is 18.1 Å². The van der Waals surface area contributed by atoms with Crippen LogP contribution in [0.1, 0.15) is 67.8 Å². The van der Waals surface area contributed by atoms with Crippen molar-refractivity contribution < 1.29 is 18.7 Å². The molecular weight excluding hydrogens is 340 g/mol. The highest BCUT2D eigenvalue weighted by molar-refractivity contribution is 5.86. The van der Waals surface area contributed by atoms with Crippen LogP contribution in [0.5, 0.6) is 5.75 Å². The van der Waals surface area contributed by atoms with Gasteiger partial charge in [-0.2, -0.15) is 0 Å². The minimum absolute atomic E-state index is 0.211. The van der Waals surface area contributed by atoms with Gasteiger partial charge in [-0.3, -0.25) is 0 Å². The number of carbonyl (C=O) groups is 1. The van der Waals surface area contributed by atoms with Gasteiger partial charge >= 0.3 is 5.97 Å². The Morgan fingerprint density at radius 2 is 1.85 bits per heavy atom. The van der Waals surface area contributed by atoms with E-state index < -0.39 is 5.97 Å². The highest BCUT2D eigenvalue weighted by Gasteiger charge is 2.20. The van der Waals surface area contributed by atoms with Crippen molar-refractivity contribution in [1.29, 1.82) is 0 Å². The van der Waals surface area contributed by atoms with E-state index in [1.165, 1.54) is 37.7 Å². The van der Waals surface area contributed by atoms with E-state index in [-0.39, 0.29) is 12.4 Å². The molecule has 0 N–H and O–H groups in total. The molecule has 1 aromatic heterocycles. The molecule has 0 amide bonds. The quantitative estimate of drug-likeness (QED) is 0.552. The van der Waals surface area contributed by atoms with Crippen LogP contribution in [0.2, 0.25) is 0 Å². The van der Waals surface area contributed by atoms with Crippen LogP contribution in [0.25, 0.3) is 0 Å². The Hall–Kier alpha value is -2.23. The summed E-state index contributed by atoms with van der Waals surface area (Å²) in [4.78, 5) is 11.6. The van der Waals surface area contributed by atoms with E-state index in [1.807, 2.05) is 12.1 Å². The largest absolute Gasteiger partial charge is 0.486 e. The van der Waals surface area contributed by atoms with Gasteiger partial charge in [0, 0.05) is 0 Å². The monoisotopic (exact) mass is 370 g/mol. The summed E-state index contributed by atoms with van der Waals surface area (Å²) in [7, 11) is 0. The first-order chi connectivity index (χ1) is 13.2. The molecule has 0 saturated heterocycles. The van der Waals surface area contributed by atoms with Crippen LogP contribution >= 0.6 is 0 Å². The van der Waals surface area contributed by atoms with Crippen molar-refractivity contribution >= 4 is 5.97 Å². The molecule has 4 nitrogen and oxygen atoms in total. The summed E-state index contributed by atoms with van der Waals surface area (Å²) >= 11 is 0. The topological polar surface area (TPSA) is 48.7 Å². The number of benzene rings is 1. The van der Waals surface area contributed by atoms with Gasteiger partial charge in [0.2, 0.25) is 5.76 Å². The lowest BCUT2D eigenvalue weighted by atomic mass is 9.78. The zero-order valence-electron chi connectivity index (χ0n) is 16.4. The SMILES string of the molecule is CCOC(=O)c1ccc(COc2ccc(CC(C)C3CCCCC3)cc2)o1. The number of esters is 1. The van der Waals surface area contributed by atoms with Gasteiger partial charge < -0.3 is 13.9 Å². The Morgan fingerprint density at radius 3 is 2.56 bits per heavy atom. The van der Waals surface area contributed by atoms with Crippen molar-refractivity contribution in [1.82, 2.24) is 0 Å². The molecular formula is C23H30O4. The second-order valence-corrected chi connectivity index (χ2v) is 7.50. The van der Waals surface area contributed by atoms with E-state index in [0.29, 0.717) is 12.4 Å². The Morgan fingerprint density at radius 1 is 1.11 bits per heavy atom. The molecule has 1 aromatic carbocycles. The van der Waals surface area contributed by atoms with Crippen LogP contribution in [0.4, 0.5) is 0 Å². The second-order valence-electron chi connectivity index (χ2n) is 7.50. The third-order valence-corrected chi connectivity index (χ3v) is 5.45. The lowest BCUT2D eigenvalue weighted by molar-refractivity contribution is 0.0486. The fourth-order valence-corrected chi connectivity index (χ4v) is 3.89. The summed E-state index contributed by atoms with van der Waals surface area (Å²) in [6.07, 6.45) is 8.11. The Bertz CT molecular complexity index is 710. The Kier molecular flexibility index (Phi) is 6.97. The standard InChI is InChI=1S/C23H30O4/c1-3-25-23(24)22-14-13-21(27-22)16-26-20-11-9-18(10-12-20)15-17(2)19-7-5-4-6-8-19/h9-14,17,19H,3-8,15-16H2,1-2H3. The predicted octanol–water partition coefficient (Wildman–Crippen LogP) is 5.79. The van der Waals surface area contributed by atoms with E-state index in [1.54, 1.807) is 19.1 Å². The summed E-state index contributed by atoms with van der Waals surface area (Å²) in [6.45, 7) is 4.77. The van der Waals surface area contributed by atoms with E-state index >= 15 is 0 Å². The molecule has 0 radical (unpaired) electrons. The van der Waals surface area contributed by atoms with Crippen molar-refractivity contribution in [2.24, 2.45) is 11.8 Å². The van der Waals surface area contributed by atoms with Crippen molar-refractivity contribution in [3.05, 3.63) is 53.5 Å². The number of rotatable bonds is 8. The fraction of sp³-hybridized carbons (Fsp3) is 0.522. The smallest absolute Gasteiger partial charge is 0.374 e. The van der Waals surface area contributed by atoms with E-state index in [2.05, 4.69) is 19.1 Å². The molecule has 1 aliphatic carbocycles. The molecule has 1 unspecified atom stereocenters. The second kappa shape index (κ2) is 9.63. The molecule has 2 aromatic rings. The van der Waals surface area contributed by atoms with Gasteiger partial charge in [-0.15, -0.1) is 0 Å². The molecule has 1 fully saturated rings. The number of ether oxygens (including phenoxy) is 2.